The summed E-state index contributed by atoms with van der Waals surface area (Å²) in [4.78, 5) is 23.8. The Kier molecular flexibility index (Phi) is 7.61. The van der Waals surface area contributed by atoms with Crippen LogP contribution in [0.2, 0.25) is 0 Å². The Labute approximate surface area is 194 Å². The predicted molar refractivity (Wildman–Crippen MR) is 122 cm³/mol. The van der Waals surface area contributed by atoms with Crippen molar-refractivity contribution in [3.8, 4) is 28.6 Å². The van der Waals surface area contributed by atoms with E-state index in [2.05, 4.69) is 20.3 Å². The van der Waals surface area contributed by atoms with E-state index < -0.39 is 5.97 Å². The van der Waals surface area contributed by atoms with Crippen LogP contribution in [-0.4, -0.2) is 60.9 Å². The number of hydrogen-bond donors (Lipinski definition) is 2. The van der Waals surface area contributed by atoms with E-state index in [9.17, 15) is 9.59 Å². The van der Waals surface area contributed by atoms with E-state index in [1.807, 2.05) is 0 Å². The average molecular weight is 474 g/mol. The summed E-state index contributed by atoms with van der Waals surface area (Å²) in [6.07, 6.45) is 0. The summed E-state index contributed by atoms with van der Waals surface area (Å²) in [6.45, 7) is 0. The maximum atomic E-state index is 12.3. The van der Waals surface area contributed by atoms with Gasteiger partial charge in [0.25, 0.3) is 0 Å². The minimum Gasteiger partial charge on any atom is -0.493 e. The van der Waals surface area contributed by atoms with Crippen LogP contribution in [0, 0.1) is 0 Å². The molecule has 0 fully saturated rings. The third-order valence-corrected chi connectivity index (χ3v) is 5.45. The standard InChI is InChI=1S/C21H23N5O6S/c1-29-15-9-13(10-16(30-2)18(15)31-3)19-24-25-21(26(19)22)33-11-17(27)23-14-7-5-12(6-8-14)20(28)32-4/h5-10H,11,22H2,1-4H3,(H,23,27). The Bertz CT molecular complexity index is 1120. The van der Waals surface area contributed by atoms with E-state index in [1.54, 1.807) is 36.4 Å². The number of carbonyl (C=O) groups excluding carboxylic acids is 2. The predicted octanol–water partition coefficient (Wildman–Crippen LogP) is 2.20. The molecule has 0 unspecified atom stereocenters. The molecule has 174 valence electrons. The number of ether oxygens (including phenoxy) is 4. The first-order valence-corrected chi connectivity index (χ1v) is 10.5. The quantitative estimate of drug-likeness (QED) is 0.270. The van der Waals surface area contributed by atoms with Crippen LogP contribution in [0.15, 0.2) is 41.6 Å². The maximum Gasteiger partial charge on any atom is 0.337 e. The lowest BCUT2D eigenvalue weighted by molar-refractivity contribution is -0.113. The number of thioether (sulfide) groups is 1. The molecule has 0 saturated carbocycles. The zero-order chi connectivity index (χ0) is 24.0. The monoisotopic (exact) mass is 473 g/mol. The van der Waals surface area contributed by atoms with Gasteiger partial charge in [-0.3, -0.25) is 4.79 Å². The number of amides is 1. The lowest BCUT2D eigenvalue weighted by Crippen LogP contribution is -2.16. The number of anilines is 1. The van der Waals surface area contributed by atoms with Crippen LogP contribution < -0.4 is 25.4 Å². The molecule has 33 heavy (non-hydrogen) atoms. The van der Waals surface area contributed by atoms with Gasteiger partial charge in [-0.05, 0) is 36.4 Å². The largest absolute Gasteiger partial charge is 0.493 e. The van der Waals surface area contributed by atoms with Gasteiger partial charge in [-0.15, -0.1) is 10.2 Å². The Morgan fingerprint density at radius 1 is 1.00 bits per heavy atom. The Balaban J connectivity index is 1.69. The average Bonchev–Trinajstić information content (AvgIpc) is 3.21. The normalized spacial score (nSPS) is 10.4. The molecule has 0 aliphatic carbocycles. The highest BCUT2D eigenvalue weighted by Crippen LogP contribution is 2.40. The molecule has 0 atom stereocenters. The van der Waals surface area contributed by atoms with Gasteiger partial charge in [0.1, 0.15) is 0 Å². The van der Waals surface area contributed by atoms with Gasteiger partial charge in [0.05, 0.1) is 39.8 Å². The molecule has 12 heteroatoms. The lowest BCUT2D eigenvalue weighted by atomic mass is 10.1. The molecule has 0 radical (unpaired) electrons. The van der Waals surface area contributed by atoms with Crippen LogP contribution in [0.5, 0.6) is 17.2 Å². The fraction of sp³-hybridized carbons (Fsp3) is 0.238. The minimum atomic E-state index is -0.450. The SMILES string of the molecule is COC(=O)c1ccc(NC(=O)CSc2nnc(-c3cc(OC)c(OC)c(OC)c3)n2N)cc1. The Morgan fingerprint density at radius 3 is 2.18 bits per heavy atom. The van der Waals surface area contributed by atoms with E-state index in [0.717, 1.165) is 11.8 Å². The number of benzene rings is 2. The molecule has 3 rings (SSSR count). The second kappa shape index (κ2) is 10.6. The van der Waals surface area contributed by atoms with Crippen LogP contribution in [0.3, 0.4) is 0 Å². The maximum absolute atomic E-state index is 12.3. The van der Waals surface area contributed by atoms with Gasteiger partial charge in [-0.2, -0.15) is 0 Å². The fourth-order valence-corrected chi connectivity index (χ4v) is 3.57. The van der Waals surface area contributed by atoms with Gasteiger partial charge in [-0.25, -0.2) is 9.47 Å². The molecule has 3 N–H and O–H groups in total. The number of nitrogens with zero attached hydrogens (tertiary/aromatic N) is 3. The third kappa shape index (κ3) is 5.29. The molecular formula is C21H23N5O6S. The molecule has 11 nitrogen and oxygen atoms in total. The minimum absolute atomic E-state index is 0.0450. The van der Waals surface area contributed by atoms with Gasteiger partial charge in [-0.1, -0.05) is 11.8 Å². The zero-order valence-electron chi connectivity index (χ0n) is 18.4. The zero-order valence-corrected chi connectivity index (χ0v) is 19.3. The van der Waals surface area contributed by atoms with Gasteiger partial charge in [0.15, 0.2) is 17.3 Å². The third-order valence-electron chi connectivity index (χ3n) is 4.51. The van der Waals surface area contributed by atoms with Crippen molar-refractivity contribution in [2.75, 3.05) is 45.4 Å². The van der Waals surface area contributed by atoms with Crippen LogP contribution in [0.25, 0.3) is 11.4 Å². The van der Waals surface area contributed by atoms with Gasteiger partial charge in [0.2, 0.25) is 16.8 Å². The highest BCUT2D eigenvalue weighted by molar-refractivity contribution is 7.99. The van der Waals surface area contributed by atoms with Crippen LogP contribution in [0.1, 0.15) is 10.4 Å². The number of nitrogens with two attached hydrogens (primary N) is 1. The molecule has 1 heterocycles. The summed E-state index contributed by atoms with van der Waals surface area (Å²) in [6, 6.07) is 9.76. The molecule has 0 bridgehead atoms. The second-order valence-corrected chi connectivity index (χ2v) is 7.44. The number of nitrogen functional groups attached to an aromatic ring is 1. The molecule has 0 aliphatic heterocycles. The molecule has 0 spiro atoms. The summed E-state index contributed by atoms with van der Waals surface area (Å²) in [5.74, 6) is 7.18. The highest BCUT2D eigenvalue weighted by Gasteiger charge is 2.19. The van der Waals surface area contributed by atoms with Crippen molar-refractivity contribution >= 4 is 29.3 Å². The second-order valence-electron chi connectivity index (χ2n) is 6.50. The molecule has 2 aromatic carbocycles. The summed E-state index contributed by atoms with van der Waals surface area (Å²) in [5.41, 5.74) is 1.53. The molecule has 1 amide bonds. The van der Waals surface area contributed by atoms with Crippen molar-refractivity contribution in [2.24, 2.45) is 0 Å². The smallest absolute Gasteiger partial charge is 0.337 e. The van der Waals surface area contributed by atoms with Gasteiger partial charge < -0.3 is 30.1 Å². The number of nitrogens with one attached hydrogen (secondary N) is 1. The van der Waals surface area contributed by atoms with Gasteiger partial charge >= 0.3 is 5.97 Å². The van der Waals surface area contributed by atoms with E-state index in [0.29, 0.717) is 45.0 Å². The van der Waals surface area contributed by atoms with Crippen LogP contribution >= 0.6 is 11.8 Å². The summed E-state index contributed by atoms with van der Waals surface area (Å²) in [5, 5.41) is 11.3. The summed E-state index contributed by atoms with van der Waals surface area (Å²) >= 11 is 1.12. The van der Waals surface area contributed by atoms with Crippen molar-refractivity contribution in [3.05, 3.63) is 42.0 Å². The highest BCUT2D eigenvalue weighted by atomic mass is 32.2. The Hall–Kier alpha value is -3.93. The van der Waals surface area contributed by atoms with Crippen LogP contribution in [-0.2, 0) is 9.53 Å². The lowest BCUT2D eigenvalue weighted by Gasteiger charge is -2.13. The molecular weight excluding hydrogens is 450 g/mol. The van der Waals surface area contributed by atoms with E-state index in [-0.39, 0.29) is 11.7 Å². The van der Waals surface area contributed by atoms with E-state index >= 15 is 0 Å². The van der Waals surface area contributed by atoms with Crippen molar-refractivity contribution < 1.29 is 28.5 Å². The number of carbonyl (C=O) groups is 2. The molecule has 0 saturated heterocycles. The molecule has 1 aromatic heterocycles. The summed E-state index contributed by atoms with van der Waals surface area (Å²) in [7, 11) is 5.84. The number of hydrogen-bond acceptors (Lipinski definition) is 10. The van der Waals surface area contributed by atoms with Gasteiger partial charge in [0, 0.05) is 11.3 Å². The fourth-order valence-electron chi connectivity index (χ4n) is 2.92. The molecule has 3 aromatic rings. The number of esters is 1. The Morgan fingerprint density at radius 2 is 1.64 bits per heavy atom. The van der Waals surface area contributed by atoms with Crippen molar-refractivity contribution in [1.29, 1.82) is 0 Å². The first-order chi connectivity index (χ1) is 15.9. The molecule has 0 aliphatic rings. The first kappa shape index (κ1) is 23.7. The first-order valence-electron chi connectivity index (χ1n) is 9.53. The van der Waals surface area contributed by atoms with Crippen LogP contribution in [0.4, 0.5) is 5.69 Å². The van der Waals surface area contributed by atoms with Crippen molar-refractivity contribution in [1.82, 2.24) is 14.9 Å². The number of aromatic nitrogens is 3. The van der Waals surface area contributed by atoms with Crippen molar-refractivity contribution in [2.45, 2.75) is 5.16 Å². The number of rotatable bonds is 9. The van der Waals surface area contributed by atoms with Crippen molar-refractivity contribution in [3.63, 3.8) is 0 Å². The topological polar surface area (TPSA) is 140 Å². The number of methoxy groups -OCH3 is 4. The van der Waals surface area contributed by atoms with E-state index in [1.165, 1.54) is 33.1 Å². The van der Waals surface area contributed by atoms with E-state index in [4.69, 9.17) is 20.1 Å². The summed E-state index contributed by atoms with van der Waals surface area (Å²) < 4.78 is 22.0.